The molecule has 0 atom stereocenters. The molecule has 2 aromatic rings. The molecule has 2 heterocycles. The Morgan fingerprint density at radius 3 is 2.85 bits per heavy atom. The molecular formula is C17H23N5O3S. The largest absolute Gasteiger partial charge is 0.320 e. The number of sulfonamides is 1. The quantitative estimate of drug-likeness (QED) is 0.612. The van der Waals surface area contributed by atoms with Crippen LogP contribution in [0.25, 0.3) is 0 Å². The molecule has 1 amide bonds. The Balaban J connectivity index is 1.81. The third-order valence-electron chi connectivity index (χ3n) is 4.34. The molecule has 140 valence electrons. The molecule has 1 aliphatic heterocycles. The molecule has 9 heteroatoms. The summed E-state index contributed by atoms with van der Waals surface area (Å²) in [4.78, 5) is 12.6. The maximum Gasteiger partial charge on any atom is 0.276 e. The Morgan fingerprint density at radius 2 is 2.08 bits per heavy atom. The molecule has 1 aromatic carbocycles. The van der Waals surface area contributed by atoms with Crippen molar-refractivity contribution in [2.24, 2.45) is 0 Å². The summed E-state index contributed by atoms with van der Waals surface area (Å²) in [6, 6.07) is 5.12. The molecule has 1 aromatic heterocycles. The molecule has 0 saturated heterocycles. The number of benzene rings is 1. The Hall–Kier alpha value is -2.39. The predicted molar refractivity (Wildman–Crippen MR) is 101 cm³/mol. The number of nitrogens with one attached hydrogen (secondary N) is 4. The molecule has 0 unspecified atom stereocenters. The van der Waals surface area contributed by atoms with Gasteiger partial charge in [0.05, 0.1) is 11.4 Å². The highest BCUT2D eigenvalue weighted by Gasteiger charge is 2.22. The second kappa shape index (κ2) is 7.46. The van der Waals surface area contributed by atoms with Gasteiger partial charge >= 0.3 is 0 Å². The van der Waals surface area contributed by atoms with Gasteiger partial charge in [0.25, 0.3) is 5.91 Å². The van der Waals surface area contributed by atoms with Gasteiger partial charge in [-0.2, -0.15) is 5.10 Å². The molecule has 0 aliphatic carbocycles. The fraction of sp³-hybridized carbons (Fsp3) is 0.412. The number of nitrogens with zero attached hydrogens (tertiary/aromatic N) is 1. The van der Waals surface area contributed by atoms with Crippen LogP contribution in [0, 0.1) is 6.92 Å². The number of aromatic nitrogens is 2. The fourth-order valence-electron chi connectivity index (χ4n) is 2.96. The fourth-order valence-corrected chi connectivity index (χ4v) is 4.16. The van der Waals surface area contributed by atoms with Gasteiger partial charge in [-0.05, 0) is 31.0 Å². The minimum Gasteiger partial charge on any atom is -0.320 e. The van der Waals surface area contributed by atoms with Crippen molar-refractivity contribution >= 4 is 27.3 Å². The van der Waals surface area contributed by atoms with Gasteiger partial charge in [-0.3, -0.25) is 14.6 Å². The Morgan fingerprint density at radius 1 is 1.31 bits per heavy atom. The summed E-state index contributed by atoms with van der Waals surface area (Å²) in [7, 11) is -3.40. The number of hydrogen-bond donors (Lipinski definition) is 4. The van der Waals surface area contributed by atoms with Gasteiger partial charge in [0, 0.05) is 36.5 Å². The van der Waals surface area contributed by atoms with Crippen molar-refractivity contribution in [1.29, 1.82) is 0 Å². The van der Waals surface area contributed by atoms with E-state index < -0.39 is 10.0 Å². The Labute approximate surface area is 152 Å². The smallest absolute Gasteiger partial charge is 0.276 e. The van der Waals surface area contributed by atoms with Crippen molar-refractivity contribution in [3.8, 4) is 0 Å². The summed E-state index contributed by atoms with van der Waals surface area (Å²) < 4.78 is 26.6. The van der Waals surface area contributed by atoms with Crippen LogP contribution < -0.4 is 15.4 Å². The van der Waals surface area contributed by atoms with Crippen molar-refractivity contribution in [1.82, 2.24) is 15.5 Å². The molecule has 0 saturated carbocycles. The molecule has 8 nitrogen and oxygen atoms in total. The standard InChI is InChI=1S/C17H23N5O3S/c1-3-9-26(24,25)22-14-6-4-5-13(11(14)2)19-17(23)16-12-10-18-8-7-15(12)20-21-16/h4-6,18,22H,3,7-10H2,1-2H3,(H,19,23)(H,20,21). The third kappa shape index (κ3) is 3.88. The molecule has 3 rings (SSSR count). The van der Waals surface area contributed by atoms with E-state index in [2.05, 4.69) is 25.6 Å². The SMILES string of the molecule is CCCS(=O)(=O)Nc1cccc(NC(=O)c2n[nH]c3c2CNCC3)c1C. The maximum atomic E-state index is 12.6. The van der Waals surface area contributed by atoms with Crippen LogP contribution in [0.2, 0.25) is 0 Å². The lowest BCUT2D eigenvalue weighted by Gasteiger charge is -2.15. The highest BCUT2D eigenvalue weighted by atomic mass is 32.2. The zero-order chi connectivity index (χ0) is 18.7. The van der Waals surface area contributed by atoms with E-state index in [0.29, 0.717) is 35.6 Å². The van der Waals surface area contributed by atoms with E-state index in [9.17, 15) is 13.2 Å². The van der Waals surface area contributed by atoms with E-state index >= 15 is 0 Å². The van der Waals surface area contributed by atoms with Crippen molar-refractivity contribution in [3.05, 3.63) is 40.7 Å². The first-order valence-corrected chi connectivity index (χ1v) is 10.2. The predicted octanol–water partition coefficient (Wildman–Crippen LogP) is 1.77. The molecule has 4 N–H and O–H groups in total. The van der Waals surface area contributed by atoms with Crippen molar-refractivity contribution in [3.63, 3.8) is 0 Å². The lowest BCUT2D eigenvalue weighted by molar-refractivity contribution is 0.102. The maximum absolute atomic E-state index is 12.6. The summed E-state index contributed by atoms with van der Waals surface area (Å²) in [5.74, 6) is -0.266. The summed E-state index contributed by atoms with van der Waals surface area (Å²) in [6.07, 6.45) is 1.34. The highest BCUT2D eigenvalue weighted by molar-refractivity contribution is 7.92. The average Bonchev–Trinajstić information content (AvgIpc) is 3.02. The van der Waals surface area contributed by atoms with Gasteiger partial charge in [0.2, 0.25) is 10.0 Å². The molecule has 1 aliphatic rings. The number of anilines is 2. The van der Waals surface area contributed by atoms with Crippen LogP contribution in [0.3, 0.4) is 0 Å². The lowest BCUT2D eigenvalue weighted by Crippen LogP contribution is -2.25. The van der Waals surface area contributed by atoms with Gasteiger partial charge in [0.1, 0.15) is 0 Å². The van der Waals surface area contributed by atoms with E-state index in [1.165, 1.54) is 0 Å². The van der Waals surface area contributed by atoms with Crippen LogP contribution in [-0.2, 0) is 23.0 Å². The first-order chi connectivity index (χ1) is 12.4. The molecule has 0 fully saturated rings. The number of carbonyl (C=O) groups is 1. The van der Waals surface area contributed by atoms with Crippen molar-refractivity contribution in [2.45, 2.75) is 33.2 Å². The zero-order valence-corrected chi connectivity index (χ0v) is 15.7. The minimum atomic E-state index is -3.40. The normalized spacial score (nSPS) is 13.9. The minimum absolute atomic E-state index is 0.0510. The summed E-state index contributed by atoms with van der Waals surface area (Å²) in [6.45, 7) is 5.03. The third-order valence-corrected chi connectivity index (χ3v) is 5.82. The topological polar surface area (TPSA) is 116 Å². The first kappa shape index (κ1) is 18.4. The number of aromatic amines is 1. The molecule has 0 radical (unpaired) electrons. The van der Waals surface area contributed by atoms with E-state index in [1.54, 1.807) is 25.1 Å². The lowest BCUT2D eigenvalue weighted by atomic mass is 10.1. The molecule has 0 bridgehead atoms. The van der Waals surface area contributed by atoms with Crippen molar-refractivity contribution < 1.29 is 13.2 Å². The zero-order valence-electron chi connectivity index (χ0n) is 14.8. The van der Waals surface area contributed by atoms with Crippen LogP contribution in [0.1, 0.15) is 40.7 Å². The summed E-state index contributed by atoms with van der Waals surface area (Å²) >= 11 is 0. The number of hydrogen-bond acceptors (Lipinski definition) is 5. The number of amides is 1. The van der Waals surface area contributed by atoms with E-state index in [0.717, 1.165) is 24.2 Å². The monoisotopic (exact) mass is 377 g/mol. The Bertz CT molecular complexity index is 920. The van der Waals surface area contributed by atoms with Crippen LogP contribution >= 0.6 is 0 Å². The van der Waals surface area contributed by atoms with E-state index in [-0.39, 0.29) is 11.7 Å². The second-order valence-corrected chi connectivity index (χ2v) is 8.15. The molecule has 26 heavy (non-hydrogen) atoms. The number of rotatable bonds is 6. The summed E-state index contributed by atoms with van der Waals surface area (Å²) in [5, 5.41) is 13.1. The van der Waals surface area contributed by atoms with E-state index in [4.69, 9.17) is 0 Å². The average molecular weight is 377 g/mol. The second-order valence-electron chi connectivity index (χ2n) is 6.31. The number of carbonyl (C=O) groups excluding carboxylic acids is 1. The highest BCUT2D eigenvalue weighted by Crippen LogP contribution is 2.25. The van der Waals surface area contributed by atoms with Gasteiger partial charge < -0.3 is 10.6 Å². The summed E-state index contributed by atoms with van der Waals surface area (Å²) in [5.41, 5.74) is 3.89. The van der Waals surface area contributed by atoms with E-state index in [1.807, 2.05) is 6.92 Å². The Kier molecular flexibility index (Phi) is 5.28. The van der Waals surface area contributed by atoms with Gasteiger partial charge in [-0.1, -0.05) is 13.0 Å². The van der Waals surface area contributed by atoms with Gasteiger partial charge in [-0.25, -0.2) is 8.42 Å². The molecular weight excluding hydrogens is 354 g/mol. The van der Waals surface area contributed by atoms with Crippen molar-refractivity contribution in [2.75, 3.05) is 22.3 Å². The molecule has 0 spiro atoms. The number of fused-ring (bicyclic) bond motifs is 1. The van der Waals surface area contributed by atoms with Crippen LogP contribution in [0.4, 0.5) is 11.4 Å². The van der Waals surface area contributed by atoms with Crippen LogP contribution in [-0.4, -0.2) is 36.8 Å². The first-order valence-electron chi connectivity index (χ1n) is 8.59. The van der Waals surface area contributed by atoms with Gasteiger partial charge in [0.15, 0.2) is 5.69 Å². The van der Waals surface area contributed by atoms with Gasteiger partial charge in [-0.15, -0.1) is 0 Å². The number of H-pyrrole nitrogens is 1. The van der Waals surface area contributed by atoms with Crippen LogP contribution in [0.5, 0.6) is 0 Å². The van der Waals surface area contributed by atoms with Crippen LogP contribution in [0.15, 0.2) is 18.2 Å².